The lowest BCUT2D eigenvalue weighted by atomic mass is 9.87. The molecule has 0 unspecified atom stereocenters. The van der Waals surface area contributed by atoms with E-state index in [1.807, 2.05) is 0 Å². The third-order valence-electron chi connectivity index (χ3n) is 19.4. The van der Waals surface area contributed by atoms with Gasteiger partial charge in [-0.25, -0.2) is 0 Å². The molecule has 8 heteroatoms. The molecule has 14 rings (SSSR count). The minimum Gasteiger partial charge on any atom is -0.356 e. The van der Waals surface area contributed by atoms with E-state index in [1.54, 1.807) is 0 Å². The highest BCUT2D eigenvalue weighted by Crippen LogP contribution is 2.48. The molecule has 0 aliphatic carbocycles. The Labute approximate surface area is 598 Å². The summed E-state index contributed by atoms with van der Waals surface area (Å²) >= 11 is 7.30. The van der Waals surface area contributed by atoms with E-state index >= 15 is 0 Å². The average Bonchev–Trinajstić information content (AvgIpc) is 0.797. The number of hydrogen-bond acceptors (Lipinski definition) is 3. The molecule has 14 aromatic carbocycles. The zero-order valence-corrected chi connectivity index (χ0v) is 66.4. The minimum absolute atomic E-state index is 0.0753. The van der Waals surface area contributed by atoms with Gasteiger partial charge in [0.05, 0.1) is 35.6 Å². The van der Waals surface area contributed by atoms with Crippen LogP contribution in [-0.4, -0.2) is 24.2 Å². The van der Waals surface area contributed by atoms with Crippen molar-refractivity contribution in [1.29, 1.82) is 0 Å². The van der Waals surface area contributed by atoms with Crippen molar-refractivity contribution in [3.63, 3.8) is 0 Å². The molecule has 0 radical (unpaired) electrons. The van der Waals surface area contributed by atoms with E-state index in [2.05, 4.69) is 411 Å². The monoisotopic (exact) mass is 1450 g/mol. The molecule has 0 saturated heterocycles. The van der Waals surface area contributed by atoms with Crippen molar-refractivity contribution in [3.05, 3.63) is 268 Å². The van der Waals surface area contributed by atoms with Gasteiger partial charge in [-0.15, -0.1) is 0 Å². The molecule has 0 aliphatic rings. The number of rotatable bonds is 11. The quantitative estimate of drug-likeness (QED) is 0.103. The van der Waals surface area contributed by atoms with Crippen LogP contribution in [0.1, 0.15) is 79.0 Å². The van der Waals surface area contributed by atoms with Gasteiger partial charge in [0.15, 0.2) is 0 Å². The molecule has 0 amide bonds. The maximum Gasteiger partial charge on any atom is 0.0775 e. The third kappa shape index (κ3) is 14.5. The highest BCUT2D eigenvalue weighted by Gasteiger charge is 2.26. The summed E-state index contributed by atoms with van der Waals surface area (Å²) in [5.74, 6) is 0. The average molecular weight is 1450 g/mol. The smallest absolute Gasteiger partial charge is 0.0775 e. The summed E-state index contributed by atoms with van der Waals surface area (Å²) in [6, 6.07) is 90.9. The Balaban J connectivity index is 0.000000185. The second kappa shape index (κ2) is 26.4. The van der Waals surface area contributed by atoms with Gasteiger partial charge < -0.3 is 15.1 Å². The first-order chi connectivity index (χ1) is 45.7. The van der Waals surface area contributed by atoms with Crippen molar-refractivity contribution in [3.8, 4) is 0 Å². The van der Waals surface area contributed by atoms with E-state index in [4.69, 9.17) is 0 Å². The Morgan fingerprint density at radius 2 is 0.485 bits per heavy atom. The van der Waals surface area contributed by atoms with Crippen molar-refractivity contribution in [2.75, 3.05) is 15.1 Å². The maximum atomic E-state index is 3.65. The summed E-state index contributed by atoms with van der Waals surface area (Å²) in [5, 5.41) is 23.4. The van der Waals surface area contributed by atoms with E-state index in [9.17, 15) is 0 Å². The number of halogens is 2. The van der Waals surface area contributed by atoms with E-state index in [-0.39, 0.29) is 16.2 Å². The lowest BCUT2D eigenvalue weighted by Crippen LogP contribution is -2.37. The van der Waals surface area contributed by atoms with Crippen LogP contribution in [0.25, 0.3) is 64.6 Å². The number of hydrogen-bond donors (Lipinski definition) is 1. The molecule has 0 saturated carbocycles. The molecule has 3 nitrogen and oxygen atoms in total. The highest BCUT2D eigenvalue weighted by molar-refractivity contribution is 9.11. The van der Waals surface area contributed by atoms with Crippen LogP contribution in [0.5, 0.6) is 0 Å². The molecule has 0 fully saturated rings. The van der Waals surface area contributed by atoms with Gasteiger partial charge >= 0.3 is 0 Å². The van der Waals surface area contributed by atoms with Crippen molar-refractivity contribution in [2.45, 2.75) is 137 Å². The molecule has 97 heavy (non-hydrogen) atoms. The summed E-state index contributed by atoms with van der Waals surface area (Å²) < 4.78 is 2.31. The molecule has 1 N–H and O–H groups in total. The lowest BCUT2D eigenvalue weighted by molar-refractivity contribution is 0.590. The molecule has 0 aliphatic heterocycles. The topological polar surface area (TPSA) is 18.5 Å². The van der Waals surface area contributed by atoms with Gasteiger partial charge in [-0.1, -0.05) is 314 Å². The Hall–Kier alpha value is -7.83. The molecule has 0 bridgehead atoms. The normalized spacial score (nSPS) is 12.5. The minimum atomic E-state index is -1.47. The molecule has 0 heterocycles. The highest BCUT2D eigenvalue weighted by atomic mass is 79.9. The third-order valence-corrected chi connectivity index (χ3v) is 27.0. The van der Waals surface area contributed by atoms with Crippen molar-refractivity contribution >= 4 is 182 Å². The zero-order chi connectivity index (χ0) is 69.3. The Kier molecular flexibility index (Phi) is 18.8. The summed E-state index contributed by atoms with van der Waals surface area (Å²) in [6.45, 7) is 42.1. The van der Waals surface area contributed by atoms with Crippen LogP contribution in [0.15, 0.2) is 252 Å². The summed E-state index contributed by atoms with van der Waals surface area (Å²) in [5.41, 5.74) is 13.7. The lowest BCUT2D eigenvalue weighted by Gasteiger charge is -2.30. The molecule has 492 valence electrons. The zero-order valence-electron chi connectivity index (χ0n) is 60.2. The standard InChI is InChI=1S/C54H60N2Si2.C19H27NSi.C16H8Br2/c1-53(2,3)39-17-21-41(22-18-39)55(43-25-29-45(30-26-43)57(7,8)9)49-35-15-37-14-34-48-50(36-16-38-13-33-47(49)51(37)52(38)48)56(42-23-19-40(20-24-42)54(4,5)6)44-27-31-46(32-28-44)58(10,11)12;1-19(2,3)15-7-9-16(10-8-15)20-17-11-13-18(14-12-17)21(4,5)6;17-13-8-4-10-2-6-12-14(18)7-3-9-1-5-11(13)16(10)15(9)12/h13-36H,1-12H3;7-14,20H,1-6H3;1-8H. The van der Waals surface area contributed by atoms with E-state index in [1.165, 1.54) is 120 Å². The predicted octanol–water partition coefficient (Wildman–Crippen LogP) is 26.6. The number of anilines is 8. The van der Waals surface area contributed by atoms with Gasteiger partial charge in [-0.05, 0) is 184 Å². The second-order valence-electron chi connectivity index (χ2n) is 32.7. The van der Waals surface area contributed by atoms with Gasteiger partial charge in [0.1, 0.15) is 0 Å². The van der Waals surface area contributed by atoms with Gasteiger partial charge in [-0.3, -0.25) is 0 Å². The van der Waals surface area contributed by atoms with Gasteiger partial charge in [0, 0.05) is 53.8 Å². The van der Waals surface area contributed by atoms with E-state index < -0.39 is 24.2 Å². The van der Waals surface area contributed by atoms with Crippen LogP contribution in [0.4, 0.5) is 45.5 Å². The molecule has 14 aromatic rings. The van der Waals surface area contributed by atoms with Gasteiger partial charge in [0.25, 0.3) is 0 Å². The van der Waals surface area contributed by atoms with Crippen LogP contribution in [-0.2, 0) is 16.2 Å². The fraction of sp³-hybridized carbons (Fsp3) is 0.236. The molecule has 0 spiro atoms. The van der Waals surface area contributed by atoms with E-state index in [0.717, 1.165) is 31.7 Å². The number of benzene rings is 14. The Bertz CT molecular complexity index is 4660. The number of nitrogens with one attached hydrogen (secondary N) is 1. The van der Waals surface area contributed by atoms with Gasteiger partial charge in [-0.2, -0.15) is 0 Å². The van der Waals surface area contributed by atoms with Crippen LogP contribution in [0.2, 0.25) is 58.9 Å². The van der Waals surface area contributed by atoms with Gasteiger partial charge in [0.2, 0.25) is 0 Å². The van der Waals surface area contributed by atoms with E-state index in [0.29, 0.717) is 0 Å². The van der Waals surface area contributed by atoms with Crippen molar-refractivity contribution < 1.29 is 0 Å². The molecule has 0 atom stereocenters. The summed E-state index contributed by atoms with van der Waals surface area (Å²) in [6.07, 6.45) is 0. The molecular weight excluding hydrogens is 1360 g/mol. The largest absolute Gasteiger partial charge is 0.356 e. The summed E-state index contributed by atoms with van der Waals surface area (Å²) in [4.78, 5) is 4.94. The second-order valence-corrected chi connectivity index (χ2v) is 49.7. The van der Waals surface area contributed by atoms with Crippen LogP contribution in [0, 0.1) is 0 Å². The number of nitrogens with zero attached hydrogens (tertiary/aromatic N) is 2. The van der Waals surface area contributed by atoms with Crippen LogP contribution >= 0.6 is 31.9 Å². The predicted molar refractivity (Wildman–Crippen MR) is 446 cm³/mol. The van der Waals surface area contributed by atoms with Crippen molar-refractivity contribution in [2.24, 2.45) is 0 Å². The fourth-order valence-corrected chi connectivity index (χ4v) is 17.9. The first-order valence-electron chi connectivity index (χ1n) is 34.4. The maximum absolute atomic E-state index is 3.65. The first-order valence-corrected chi connectivity index (χ1v) is 46.5. The van der Waals surface area contributed by atoms with Crippen LogP contribution < -0.4 is 30.7 Å². The Morgan fingerprint density at radius 3 is 0.773 bits per heavy atom. The fourth-order valence-electron chi connectivity index (χ4n) is 13.5. The Morgan fingerprint density at radius 1 is 0.258 bits per heavy atom. The molecule has 0 aromatic heterocycles. The van der Waals surface area contributed by atoms with Crippen LogP contribution in [0.3, 0.4) is 0 Å². The van der Waals surface area contributed by atoms with Crippen molar-refractivity contribution in [1.82, 2.24) is 0 Å². The summed E-state index contributed by atoms with van der Waals surface area (Å²) in [7, 11) is -4.15. The SMILES string of the molecule is Brc1ccc2ccc3c(Br)ccc4ccc1c2c43.CC(C)(C)c1ccc(N(c2ccc([Si](C)(C)C)cc2)c2ccc3ccc4c(N(c5ccc(C(C)(C)C)cc5)c5ccc([Si](C)(C)C)cc5)ccc5ccc2c3c54)cc1.CC(C)(C)c1ccc(Nc2ccc([Si](C)(C)C)cc2)cc1. The first kappa shape index (κ1) is 69.1. The molecular formula is C89H95Br2N3Si3.